The maximum Gasteiger partial charge on any atom is 0.128 e. The first-order valence-corrected chi connectivity index (χ1v) is 7.60. The molecule has 2 aromatic rings. The third-order valence-electron chi connectivity index (χ3n) is 3.88. The lowest BCUT2D eigenvalue weighted by Crippen LogP contribution is -2.23. The summed E-state index contributed by atoms with van der Waals surface area (Å²) in [5.74, 6) is 1.04. The van der Waals surface area contributed by atoms with E-state index in [2.05, 4.69) is 51.2 Å². The SMILES string of the molecule is CCNC(c1cc(CC)ccc1CC)c1occc1C. The maximum absolute atomic E-state index is 5.74. The van der Waals surface area contributed by atoms with E-state index in [0.29, 0.717) is 0 Å². The van der Waals surface area contributed by atoms with Gasteiger partial charge in [-0.25, -0.2) is 0 Å². The van der Waals surface area contributed by atoms with E-state index in [-0.39, 0.29) is 6.04 Å². The smallest absolute Gasteiger partial charge is 0.128 e. The molecule has 0 aliphatic heterocycles. The van der Waals surface area contributed by atoms with Crippen molar-refractivity contribution >= 4 is 0 Å². The number of aryl methyl sites for hydroxylation is 3. The second kappa shape index (κ2) is 6.76. The lowest BCUT2D eigenvalue weighted by Gasteiger charge is -2.21. The average Bonchev–Trinajstić information content (AvgIpc) is 2.90. The van der Waals surface area contributed by atoms with Crippen LogP contribution in [0.5, 0.6) is 0 Å². The Labute approximate surface area is 122 Å². The van der Waals surface area contributed by atoms with Crippen LogP contribution in [0.4, 0.5) is 0 Å². The van der Waals surface area contributed by atoms with Crippen molar-refractivity contribution in [3.05, 3.63) is 58.5 Å². The molecule has 20 heavy (non-hydrogen) atoms. The van der Waals surface area contributed by atoms with Gasteiger partial charge < -0.3 is 9.73 Å². The van der Waals surface area contributed by atoms with Crippen LogP contribution in [-0.2, 0) is 12.8 Å². The maximum atomic E-state index is 5.74. The highest BCUT2D eigenvalue weighted by atomic mass is 16.3. The zero-order valence-corrected chi connectivity index (χ0v) is 13.0. The van der Waals surface area contributed by atoms with Gasteiger partial charge in [0.25, 0.3) is 0 Å². The summed E-state index contributed by atoms with van der Waals surface area (Å²) in [6.45, 7) is 9.58. The summed E-state index contributed by atoms with van der Waals surface area (Å²) in [5.41, 5.74) is 5.33. The summed E-state index contributed by atoms with van der Waals surface area (Å²) in [7, 11) is 0. The van der Waals surface area contributed by atoms with Gasteiger partial charge >= 0.3 is 0 Å². The fraction of sp³-hybridized carbons (Fsp3) is 0.444. The van der Waals surface area contributed by atoms with E-state index in [1.54, 1.807) is 6.26 Å². The molecule has 0 saturated carbocycles. The van der Waals surface area contributed by atoms with Crippen molar-refractivity contribution < 1.29 is 4.42 Å². The summed E-state index contributed by atoms with van der Waals surface area (Å²) in [6, 6.07) is 9.01. The van der Waals surface area contributed by atoms with Crippen LogP contribution in [0.25, 0.3) is 0 Å². The molecule has 0 amide bonds. The van der Waals surface area contributed by atoms with Crippen LogP contribution in [-0.4, -0.2) is 6.54 Å². The van der Waals surface area contributed by atoms with Crippen molar-refractivity contribution in [2.45, 2.75) is 46.6 Å². The van der Waals surface area contributed by atoms with Crippen LogP contribution in [0.3, 0.4) is 0 Å². The standard InChI is InChI=1S/C18H25NO/c1-5-14-8-9-15(6-2)16(12-14)17(19-7-3)18-13(4)10-11-20-18/h8-12,17,19H,5-7H2,1-4H3. The summed E-state index contributed by atoms with van der Waals surface area (Å²) in [4.78, 5) is 0. The molecule has 0 fully saturated rings. The van der Waals surface area contributed by atoms with Crippen molar-refractivity contribution in [2.24, 2.45) is 0 Å². The fourth-order valence-electron chi connectivity index (χ4n) is 2.68. The first kappa shape index (κ1) is 14.9. The highest BCUT2D eigenvalue weighted by molar-refractivity contribution is 5.39. The average molecular weight is 271 g/mol. The lowest BCUT2D eigenvalue weighted by molar-refractivity contribution is 0.448. The Morgan fingerprint density at radius 1 is 1.10 bits per heavy atom. The van der Waals surface area contributed by atoms with Crippen molar-refractivity contribution in [1.29, 1.82) is 0 Å². The van der Waals surface area contributed by atoms with Crippen molar-refractivity contribution in [1.82, 2.24) is 5.32 Å². The van der Waals surface area contributed by atoms with Crippen molar-refractivity contribution in [3.8, 4) is 0 Å². The van der Waals surface area contributed by atoms with Gasteiger partial charge in [0.15, 0.2) is 0 Å². The molecular formula is C18H25NO. The number of benzene rings is 1. The monoisotopic (exact) mass is 271 g/mol. The molecule has 1 aromatic carbocycles. The van der Waals surface area contributed by atoms with Crippen molar-refractivity contribution in [3.63, 3.8) is 0 Å². The predicted molar refractivity (Wildman–Crippen MR) is 84.2 cm³/mol. The van der Waals surface area contributed by atoms with Crippen LogP contribution in [0.2, 0.25) is 0 Å². The Morgan fingerprint density at radius 2 is 1.90 bits per heavy atom. The second-order valence-corrected chi connectivity index (χ2v) is 5.20. The molecule has 2 heteroatoms. The van der Waals surface area contributed by atoms with Gasteiger partial charge in [-0.15, -0.1) is 0 Å². The topological polar surface area (TPSA) is 25.2 Å². The Kier molecular flexibility index (Phi) is 5.02. The number of furan rings is 1. The van der Waals surface area contributed by atoms with E-state index in [4.69, 9.17) is 4.42 Å². The first-order valence-electron chi connectivity index (χ1n) is 7.60. The van der Waals surface area contributed by atoms with Gasteiger partial charge in [0.2, 0.25) is 0 Å². The van der Waals surface area contributed by atoms with Crippen LogP contribution < -0.4 is 5.32 Å². The van der Waals surface area contributed by atoms with Crippen molar-refractivity contribution in [2.75, 3.05) is 6.54 Å². The summed E-state index contributed by atoms with van der Waals surface area (Å²) in [6.07, 6.45) is 3.89. The molecule has 108 valence electrons. The number of rotatable bonds is 6. The molecule has 0 saturated heterocycles. The minimum atomic E-state index is 0.149. The molecule has 2 rings (SSSR count). The predicted octanol–water partition coefficient (Wildman–Crippen LogP) is 4.41. The summed E-state index contributed by atoms with van der Waals surface area (Å²) >= 11 is 0. The van der Waals surface area contributed by atoms with E-state index >= 15 is 0 Å². The van der Waals surface area contributed by atoms with E-state index < -0.39 is 0 Å². The molecule has 1 aromatic heterocycles. The van der Waals surface area contributed by atoms with E-state index in [0.717, 1.165) is 25.1 Å². The molecule has 0 radical (unpaired) electrons. The zero-order valence-electron chi connectivity index (χ0n) is 13.0. The molecule has 0 aliphatic carbocycles. The minimum absolute atomic E-state index is 0.149. The normalized spacial score (nSPS) is 12.6. The largest absolute Gasteiger partial charge is 0.467 e. The second-order valence-electron chi connectivity index (χ2n) is 5.20. The van der Waals surface area contributed by atoms with E-state index in [9.17, 15) is 0 Å². The lowest BCUT2D eigenvalue weighted by atomic mass is 9.93. The molecule has 2 nitrogen and oxygen atoms in total. The highest BCUT2D eigenvalue weighted by Gasteiger charge is 2.21. The van der Waals surface area contributed by atoms with Gasteiger partial charge in [-0.1, -0.05) is 39.0 Å². The van der Waals surface area contributed by atoms with Crippen LogP contribution in [0.1, 0.15) is 54.8 Å². The molecule has 1 atom stereocenters. The third kappa shape index (κ3) is 2.96. The van der Waals surface area contributed by atoms with Gasteiger partial charge in [-0.05, 0) is 54.6 Å². The fourth-order valence-corrected chi connectivity index (χ4v) is 2.68. The quantitative estimate of drug-likeness (QED) is 0.841. The zero-order chi connectivity index (χ0) is 14.5. The Hall–Kier alpha value is -1.54. The van der Waals surface area contributed by atoms with Gasteiger partial charge in [0.1, 0.15) is 5.76 Å². The van der Waals surface area contributed by atoms with Gasteiger partial charge in [0, 0.05) is 0 Å². The molecule has 0 aliphatic rings. The summed E-state index contributed by atoms with van der Waals surface area (Å²) in [5, 5.41) is 3.57. The Morgan fingerprint density at radius 3 is 2.45 bits per heavy atom. The van der Waals surface area contributed by atoms with Crippen LogP contribution in [0, 0.1) is 6.92 Å². The molecule has 1 unspecified atom stereocenters. The van der Waals surface area contributed by atoms with Gasteiger partial charge in [0.05, 0.1) is 12.3 Å². The molecule has 0 bridgehead atoms. The van der Waals surface area contributed by atoms with Gasteiger partial charge in [-0.3, -0.25) is 0 Å². The number of nitrogens with one attached hydrogen (secondary N) is 1. The minimum Gasteiger partial charge on any atom is -0.467 e. The molecule has 1 N–H and O–H groups in total. The molecule has 0 spiro atoms. The Balaban J connectivity index is 2.50. The molecular weight excluding hydrogens is 246 g/mol. The Bertz CT molecular complexity index is 556. The van der Waals surface area contributed by atoms with E-state index in [1.807, 2.05) is 6.07 Å². The molecule has 1 heterocycles. The van der Waals surface area contributed by atoms with Crippen LogP contribution >= 0.6 is 0 Å². The number of hydrogen-bond donors (Lipinski definition) is 1. The van der Waals surface area contributed by atoms with Gasteiger partial charge in [-0.2, -0.15) is 0 Å². The third-order valence-corrected chi connectivity index (χ3v) is 3.88. The van der Waals surface area contributed by atoms with Crippen LogP contribution in [0.15, 0.2) is 34.9 Å². The number of hydrogen-bond acceptors (Lipinski definition) is 2. The first-order chi connectivity index (χ1) is 9.71. The summed E-state index contributed by atoms with van der Waals surface area (Å²) < 4.78 is 5.74. The van der Waals surface area contributed by atoms with E-state index in [1.165, 1.54) is 22.3 Å². The highest BCUT2D eigenvalue weighted by Crippen LogP contribution is 2.29.